The zero-order valence-electron chi connectivity index (χ0n) is 17.2. The average molecular weight is 484 g/mol. The lowest BCUT2D eigenvalue weighted by atomic mass is 10.1. The van der Waals surface area contributed by atoms with E-state index in [2.05, 4.69) is 4.98 Å². The third-order valence-corrected chi connectivity index (χ3v) is 6.31. The van der Waals surface area contributed by atoms with E-state index in [1.54, 1.807) is 6.92 Å². The van der Waals surface area contributed by atoms with Crippen molar-refractivity contribution >= 4 is 62.7 Å². The van der Waals surface area contributed by atoms with Gasteiger partial charge in [-0.2, -0.15) is 0 Å². The number of thiophene rings is 1. The first-order valence-corrected chi connectivity index (χ1v) is 11.6. The van der Waals surface area contributed by atoms with E-state index in [0.717, 1.165) is 32.5 Å². The van der Waals surface area contributed by atoms with Gasteiger partial charge in [0, 0.05) is 22.2 Å². The molecule has 2 aromatic carbocycles. The minimum absolute atomic E-state index is 0.299. The highest BCUT2D eigenvalue weighted by Crippen LogP contribution is 2.34. The molecule has 4 rings (SSSR count). The van der Waals surface area contributed by atoms with Gasteiger partial charge in [-0.05, 0) is 47.7 Å². The van der Waals surface area contributed by atoms with Gasteiger partial charge in [0.05, 0.1) is 16.9 Å². The number of ether oxygens (including phenoxy) is 2. The second-order valence-electron chi connectivity index (χ2n) is 6.89. The Morgan fingerprint density at radius 1 is 1.09 bits per heavy atom. The van der Waals surface area contributed by atoms with Gasteiger partial charge in [-0.15, -0.1) is 11.3 Å². The molecule has 0 aliphatic carbocycles. The number of nitrogens with zero attached hydrogens (tertiary/aromatic N) is 1. The Kier molecular flexibility index (Phi) is 7.10. The van der Waals surface area contributed by atoms with Crippen molar-refractivity contribution in [1.29, 1.82) is 0 Å². The Hall–Kier alpha value is -2.86. The fourth-order valence-electron chi connectivity index (χ4n) is 3.16. The van der Waals surface area contributed by atoms with Crippen molar-refractivity contribution in [2.75, 3.05) is 6.61 Å². The highest BCUT2D eigenvalue weighted by Gasteiger charge is 2.18. The normalized spacial score (nSPS) is 11.2. The molecule has 0 aliphatic rings. The Labute approximate surface area is 200 Å². The van der Waals surface area contributed by atoms with Crippen LogP contribution in [0.2, 0.25) is 10.2 Å². The summed E-state index contributed by atoms with van der Waals surface area (Å²) in [6.07, 6.45) is 5.49. The third kappa shape index (κ3) is 5.13. The molecule has 0 saturated carbocycles. The van der Waals surface area contributed by atoms with E-state index in [4.69, 9.17) is 32.7 Å². The van der Waals surface area contributed by atoms with Gasteiger partial charge in [0.15, 0.2) is 0 Å². The van der Waals surface area contributed by atoms with E-state index in [1.807, 2.05) is 66.1 Å². The summed E-state index contributed by atoms with van der Waals surface area (Å²) < 4.78 is 11.9. The molecule has 0 aliphatic heterocycles. The largest absolute Gasteiger partial charge is 0.489 e. The van der Waals surface area contributed by atoms with Crippen LogP contribution in [0.1, 0.15) is 34.0 Å². The van der Waals surface area contributed by atoms with Gasteiger partial charge in [0.25, 0.3) is 0 Å². The van der Waals surface area contributed by atoms with E-state index in [1.165, 1.54) is 17.5 Å². The first-order valence-electron chi connectivity index (χ1n) is 9.93. The third-order valence-electron chi connectivity index (χ3n) is 4.71. The Morgan fingerprint density at radius 3 is 2.66 bits per heavy atom. The Morgan fingerprint density at radius 2 is 1.88 bits per heavy atom. The highest BCUT2D eigenvalue weighted by atomic mass is 35.5. The quantitative estimate of drug-likeness (QED) is 0.155. The average Bonchev–Trinajstić information content (AvgIpc) is 3.23. The lowest BCUT2D eigenvalue weighted by Crippen LogP contribution is -2.05. The molecule has 2 heterocycles. The maximum Gasteiger partial charge on any atom is 0.341 e. The van der Waals surface area contributed by atoms with Crippen molar-refractivity contribution in [2.24, 2.45) is 0 Å². The Bertz CT molecular complexity index is 1280. The molecule has 32 heavy (non-hydrogen) atoms. The van der Waals surface area contributed by atoms with Crippen LogP contribution in [0.5, 0.6) is 5.75 Å². The minimum atomic E-state index is -0.406. The molecular weight excluding hydrogens is 465 g/mol. The van der Waals surface area contributed by atoms with E-state index < -0.39 is 5.97 Å². The number of carbonyl (C=O) groups excluding carboxylic acids is 1. The van der Waals surface area contributed by atoms with Crippen molar-refractivity contribution < 1.29 is 14.3 Å². The molecule has 4 nitrogen and oxygen atoms in total. The first kappa shape index (κ1) is 22.3. The number of fused-ring (bicyclic) bond motifs is 1. The highest BCUT2D eigenvalue weighted by molar-refractivity contribution is 7.17. The van der Waals surface area contributed by atoms with Crippen LogP contribution >= 0.6 is 34.5 Å². The summed E-state index contributed by atoms with van der Waals surface area (Å²) in [4.78, 5) is 16.4. The number of carbonyl (C=O) groups is 1. The van der Waals surface area contributed by atoms with Gasteiger partial charge in [0.1, 0.15) is 17.5 Å². The number of aromatic nitrogens is 1. The number of hydrogen-bond donors (Lipinski definition) is 0. The topological polar surface area (TPSA) is 48.4 Å². The smallest absolute Gasteiger partial charge is 0.341 e. The molecule has 0 amide bonds. The van der Waals surface area contributed by atoms with Gasteiger partial charge < -0.3 is 9.47 Å². The van der Waals surface area contributed by atoms with Crippen LogP contribution in [0.4, 0.5) is 0 Å². The number of halogens is 2. The van der Waals surface area contributed by atoms with Crippen LogP contribution in [0.3, 0.4) is 0 Å². The molecule has 4 aromatic rings. The summed E-state index contributed by atoms with van der Waals surface area (Å²) in [5.74, 6) is 0.324. The summed E-state index contributed by atoms with van der Waals surface area (Å²) in [5, 5.41) is 3.71. The lowest BCUT2D eigenvalue weighted by molar-refractivity contribution is 0.0528. The molecule has 0 bridgehead atoms. The zero-order valence-corrected chi connectivity index (χ0v) is 19.5. The molecule has 0 atom stereocenters. The van der Waals surface area contributed by atoms with Crippen LogP contribution in [0.15, 0.2) is 60.1 Å². The number of benzene rings is 2. The Balaban J connectivity index is 1.51. The summed E-state index contributed by atoms with van der Waals surface area (Å²) >= 11 is 13.7. The molecule has 0 N–H and O–H groups in total. The van der Waals surface area contributed by atoms with Gasteiger partial charge in [0.2, 0.25) is 0 Å². The summed E-state index contributed by atoms with van der Waals surface area (Å²) in [6, 6.07) is 15.5. The fraction of sp³-hybridized carbons (Fsp3) is 0.120. The van der Waals surface area contributed by atoms with E-state index in [9.17, 15) is 4.79 Å². The summed E-state index contributed by atoms with van der Waals surface area (Å²) in [7, 11) is 0. The van der Waals surface area contributed by atoms with Gasteiger partial charge in [-0.25, -0.2) is 9.78 Å². The summed E-state index contributed by atoms with van der Waals surface area (Å²) in [5.41, 5.74) is 3.36. The standard InChI is InChI=1S/C25H19Cl2NO3S/c1-2-30-25(29)21-13-28-24(27)22-18(15-32-23(21)22)14-31-20-5-3-4-17(12-20)7-6-16-8-10-19(26)11-9-16/h3-13,15H,2,14H2,1H3/b7-6+. The van der Waals surface area contributed by atoms with Crippen molar-refractivity contribution in [3.8, 4) is 5.75 Å². The number of pyridine rings is 1. The second-order valence-corrected chi connectivity index (χ2v) is 8.57. The van der Waals surface area contributed by atoms with Gasteiger partial charge >= 0.3 is 5.97 Å². The van der Waals surface area contributed by atoms with Crippen LogP contribution in [-0.2, 0) is 11.3 Å². The van der Waals surface area contributed by atoms with Crippen molar-refractivity contribution in [3.63, 3.8) is 0 Å². The molecule has 2 aromatic heterocycles. The molecule has 162 valence electrons. The number of esters is 1. The van der Waals surface area contributed by atoms with Crippen molar-refractivity contribution in [2.45, 2.75) is 13.5 Å². The van der Waals surface area contributed by atoms with Crippen molar-refractivity contribution in [1.82, 2.24) is 4.98 Å². The maximum absolute atomic E-state index is 12.2. The molecular formula is C25H19Cl2NO3S. The minimum Gasteiger partial charge on any atom is -0.489 e. The number of hydrogen-bond acceptors (Lipinski definition) is 5. The molecule has 0 spiro atoms. The van der Waals surface area contributed by atoms with Crippen LogP contribution in [0, 0.1) is 0 Å². The maximum atomic E-state index is 12.2. The molecule has 0 radical (unpaired) electrons. The predicted molar refractivity (Wildman–Crippen MR) is 132 cm³/mol. The van der Waals surface area contributed by atoms with Crippen LogP contribution in [0.25, 0.3) is 22.2 Å². The zero-order chi connectivity index (χ0) is 22.5. The van der Waals surface area contributed by atoms with Gasteiger partial charge in [-0.3, -0.25) is 0 Å². The first-order chi connectivity index (χ1) is 15.5. The predicted octanol–water partition coefficient (Wildman–Crippen LogP) is 7.53. The van der Waals surface area contributed by atoms with Gasteiger partial charge in [-0.1, -0.05) is 59.6 Å². The van der Waals surface area contributed by atoms with E-state index in [0.29, 0.717) is 29.0 Å². The monoisotopic (exact) mass is 483 g/mol. The summed E-state index contributed by atoms with van der Waals surface area (Å²) in [6.45, 7) is 2.37. The second kappa shape index (κ2) is 10.2. The number of rotatable bonds is 7. The van der Waals surface area contributed by atoms with E-state index >= 15 is 0 Å². The lowest BCUT2D eigenvalue weighted by Gasteiger charge is -2.08. The van der Waals surface area contributed by atoms with Crippen LogP contribution < -0.4 is 4.74 Å². The van der Waals surface area contributed by atoms with Crippen molar-refractivity contribution in [3.05, 3.63) is 92.5 Å². The molecule has 0 fully saturated rings. The molecule has 0 saturated heterocycles. The molecule has 0 unspecified atom stereocenters. The van der Waals surface area contributed by atoms with Crippen LogP contribution in [-0.4, -0.2) is 17.6 Å². The molecule has 7 heteroatoms. The SMILES string of the molecule is CCOC(=O)c1cnc(Cl)c2c(COc3cccc(/C=C/c4ccc(Cl)cc4)c3)csc12. The van der Waals surface area contributed by atoms with E-state index in [-0.39, 0.29) is 0 Å². The fourth-order valence-corrected chi connectivity index (χ4v) is 4.66.